The predicted octanol–water partition coefficient (Wildman–Crippen LogP) is 2.33. The summed E-state index contributed by atoms with van der Waals surface area (Å²) in [4.78, 5) is 0. The van der Waals surface area contributed by atoms with Crippen molar-refractivity contribution < 1.29 is 0 Å². The zero-order valence-corrected chi connectivity index (χ0v) is 7.57. The zero-order valence-electron chi connectivity index (χ0n) is 7.57. The lowest BCUT2D eigenvalue weighted by molar-refractivity contribution is 0.211. The van der Waals surface area contributed by atoms with E-state index in [9.17, 15) is 0 Å². The Kier molecular flexibility index (Phi) is 2.67. The van der Waals surface area contributed by atoms with Crippen LogP contribution in [0.5, 0.6) is 0 Å². The molecule has 0 aliphatic rings. The van der Waals surface area contributed by atoms with Crippen LogP contribution in [0.3, 0.4) is 0 Å². The van der Waals surface area contributed by atoms with Gasteiger partial charge in [0.15, 0.2) is 0 Å². The summed E-state index contributed by atoms with van der Waals surface area (Å²) < 4.78 is 0. The highest BCUT2D eigenvalue weighted by atomic mass is 14.8. The highest BCUT2D eigenvalue weighted by Crippen LogP contribution is 2.30. The van der Waals surface area contributed by atoms with Crippen molar-refractivity contribution in [2.75, 3.05) is 0 Å². The van der Waals surface area contributed by atoms with Crippen LogP contribution < -0.4 is 5.73 Å². The second kappa shape index (κ2) is 2.75. The van der Waals surface area contributed by atoms with E-state index in [1.54, 1.807) is 0 Å². The smallest absolute Gasteiger partial charge is 0.0209 e. The molecule has 0 aromatic heterocycles. The van der Waals surface area contributed by atoms with E-state index in [1.165, 1.54) is 0 Å². The highest BCUT2D eigenvalue weighted by molar-refractivity contribution is 4.95. The third-order valence-electron chi connectivity index (χ3n) is 2.28. The summed E-state index contributed by atoms with van der Waals surface area (Å²) in [5.74, 6) is 0. The van der Waals surface area contributed by atoms with Crippen molar-refractivity contribution in [1.29, 1.82) is 0 Å². The second-order valence-corrected chi connectivity index (χ2v) is 4.16. The Morgan fingerprint density at radius 3 is 1.80 bits per heavy atom. The Labute approximate surface area is 64.3 Å². The van der Waals surface area contributed by atoms with E-state index in [1.807, 2.05) is 6.08 Å². The maximum atomic E-state index is 6.03. The molecule has 60 valence electrons. The molecule has 0 saturated heterocycles. The van der Waals surface area contributed by atoms with E-state index in [4.69, 9.17) is 5.73 Å². The molecule has 0 radical (unpaired) electrons. The highest BCUT2D eigenvalue weighted by Gasteiger charge is 2.31. The molecule has 0 amide bonds. The van der Waals surface area contributed by atoms with Gasteiger partial charge in [-0.25, -0.2) is 0 Å². The quantitative estimate of drug-likeness (QED) is 0.587. The molecule has 1 nitrogen and oxygen atoms in total. The molecule has 0 unspecified atom stereocenters. The Bertz CT molecular complexity index is 117. The minimum atomic E-state index is -0.130. The SMILES string of the molecule is C=CC[C@](C)(N)C(C)(C)C. The first-order valence-electron chi connectivity index (χ1n) is 3.71. The monoisotopic (exact) mass is 141 g/mol. The van der Waals surface area contributed by atoms with Crippen LogP contribution in [-0.4, -0.2) is 5.54 Å². The Hall–Kier alpha value is -0.300. The molecular weight excluding hydrogens is 122 g/mol. The van der Waals surface area contributed by atoms with Gasteiger partial charge in [-0.15, -0.1) is 6.58 Å². The van der Waals surface area contributed by atoms with Gasteiger partial charge in [0, 0.05) is 5.54 Å². The molecule has 1 atom stereocenters. The summed E-state index contributed by atoms with van der Waals surface area (Å²) in [5.41, 5.74) is 6.06. The van der Waals surface area contributed by atoms with Crippen molar-refractivity contribution in [1.82, 2.24) is 0 Å². The molecule has 0 aliphatic carbocycles. The fourth-order valence-electron chi connectivity index (χ4n) is 0.606. The second-order valence-electron chi connectivity index (χ2n) is 4.16. The molecule has 1 heteroatoms. The first kappa shape index (κ1) is 9.70. The van der Waals surface area contributed by atoms with E-state index in [0.717, 1.165) is 6.42 Å². The van der Waals surface area contributed by atoms with Gasteiger partial charge in [-0.3, -0.25) is 0 Å². The molecule has 0 rings (SSSR count). The van der Waals surface area contributed by atoms with Crippen LogP contribution in [0.2, 0.25) is 0 Å². The van der Waals surface area contributed by atoms with E-state index in [2.05, 4.69) is 34.3 Å². The summed E-state index contributed by atoms with van der Waals surface area (Å²) in [6, 6.07) is 0. The Morgan fingerprint density at radius 1 is 1.30 bits per heavy atom. The van der Waals surface area contributed by atoms with Gasteiger partial charge < -0.3 is 5.73 Å². The Balaban J connectivity index is 4.23. The maximum absolute atomic E-state index is 6.03. The van der Waals surface area contributed by atoms with Crippen molar-refractivity contribution in [3.8, 4) is 0 Å². The number of hydrogen-bond acceptors (Lipinski definition) is 1. The first-order chi connectivity index (χ1) is 4.31. The molecule has 0 fully saturated rings. The fraction of sp³-hybridized carbons (Fsp3) is 0.778. The standard InChI is InChI=1S/C9H19N/c1-6-7-9(5,10)8(2,3)4/h6H,1,7,10H2,2-5H3/t9-/m0/s1. The molecule has 0 saturated carbocycles. The minimum Gasteiger partial charge on any atom is -0.325 e. The molecule has 0 bridgehead atoms. The van der Waals surface area contributed by atoms with Crippen molar-refractivity contribution in [3.63, 3.8) is 0 Å². The van der Waals surface area contributed by atoms with Crippen molar-refractivity contribution in [2.24, 2.45) is 11.1 Å². The van der Waals surface area contributed by atoms with Crippen LogP contribution in [0.4, 0.5) is 0 Å². The molecule has 0 aromatic carbocycles. The maximum Gasteiger partial charge on any atom is 0.0209 e. The molecule has 0 aromatic rings. The first-order valence-corrected chi connectivity index (χ1v) is 3.71. The van der Waals surface area contributed by atoms with Crippen LogP contribution in [0.15, 0.2) is 12.7 Å². The van der Waals surface area contributed by atoms with Crippen molar-refractivity contribution in [2.45, 2.75) is 39.7 Å². The summed E-state index contributed by atoms with van der Waals surface area (Å²) in [5, 5.41) is 0. The molecule has 0 aliphatic heterocycles. The molecule has 0 spiro atoms. The lowest BCUT2D eigenvalue weighted by Crippen LogP contribution is -2.48. The number of nitrogens with two attached hydrogens (primary N) is 1. The fourth-order valence-corrected chi connectivity index (χ4v) is 0.606. The summed E-state index contributed by atoms with van der Waals surface area (Å²) >= 11 is 0. The summed E-state index contributed by atoms with van der Waals surface area (Å²) in [7, 11) is 0. The van der Waals surface area contributed by atoms with Gasteiger partial charge in [-0.1, -0.05) is 26.8 Å². The Morgan fingerprint density at radius 2 is 1.70 bits per heavy atom. The van der Waals surface area contributed by atoms with E-state index in [0.29, 0.717) is 0 Å². The van der Waals surface area contributed by atoms with E-state index < -0.39 is 0 Å². The van der Waals surface area contributed by atoms with Crippen LogP contribution >= 0.6 is 0 Å². The van der Waals surface area contributed by atoms with Gasteiger partial charge in [0.05, 0.1) is 0 Å². The number of rotatable bonds is 2. The van der Waals surface area contributed by atoms with E-state index in [-0.39, 0.29) is 11.0 Å². The molecule has 2 N–H and O–H groups in total. The third-order valence-corrected chi connectivity index (χ3v) is 2.28. The van der Waals surface area contributed by atoms with Gasteiger partial charge in [-0.05, 0) is 18.8 Å². The lowest BCUT2D eigenvalue weighted by Gasteiger charge is -2.37. The largest absolute Gasteiger partial charge is 0.325 e. The zero-order chi connectivity index (χ0) is 8.41. The summed E-state index contributed by atoms with van der Waals surface area (Å²) in [6.07, 6.45) is 2.75. The molecule has 10 heavy (non-hydrogen) atoms. The third kappa shape index (κ3) is 2.14. The van der Waals surface area contributed by atoms with Crippen LogP contribution in [0.25, 0.3) is 0 Å². The van der Waals surface area contributed by atoms with Crippen molar-refractivity contribution >= 4 is 0 Å². The van der Waals surface area contributed by atoms with Crippen LogP contribution in [0.1, 0.15) is 34.1 Å². The van der Waals surface area contributed by atoms with Gasteiger partial charge in [0.1, 0.15) is 0 Å². The molecular formula is C9H19N. The van der Waals surface area contributed by atoms with Gasteiger partial charge in [-0.2, -0.15) is 0 Å². The van der Waals surface area contributed by atoms with Crippen LogP contribution in [0, 0.1) is 5.41 Å². The topological polar surface area (TPSA) is 26.0 Å². The van der Waals surface area contributed by atoms with Gasteiger partial charge in [0.2, 0.25) is 0 Å². The normalized spacial score (nSPS) is 18.1. The van der Waals surface area contributed by atoms with E-state index >= 15 is 0 Å². The minimum absolute atomic E-state index is 0.130. The molecule has 0 heterocycles. The van der Waals surface area contributed by atoms with Gasteiger partial charge >= 0.3 is 0 Å². The lowest BCUT2D eigenvalue weighted by atomic mass is 9.74. The van der Waals surface area contributed by atoms with Crippen molar-refractivity contribution in [3.05, 3.63) is 12.7 Å². The average molecular weight is 141 g/mol. The predicted molar refractivity (Wildman–Crippen MR) is 46.9 cm³/mol. The average Bonchev–Trinajstić information content (AvgIpc) is 1.61. The van der Waals surface area contributed by atoms with Crippen LogP contribution in [-0.2, 0) is 0 Å². The van der Waals surface area contributed by atoms with Gasteiger partial charge in [0.25, 0.3) is 0 Å². The number of hydrogen-bond donors (Lipinski definition) is 1. The summed E-state index contributed by atoms with van der Waals surface area (Å²) in [6.45, 7) is 12.2.